The van der Waals surface area contributed by atoms with Crippen molar-refractivity contribution in [2.45, 2.75) is 32.7 Å². The van der Waals surface area contributed by atoms with Crippen LogP contribution in [0.4, 0.5) is 0 Å². The number of thiophene rings is 1. The molecule has 0 saturated carbocycles. The SMILES string of the molecule is CNC(C)(C)CNCCc1sccc1C. The summed E-state index contributed by atoms with van der Waals surface area (Å²) < 4.78 is 0. The molecule has 0 aliphatic heterocycles. The quantitative estimate of drug-likeness (QED) is 0.727. The minimum Gasteiger partial charge on any atom is -0.315 e. The van der Waals surface area contributed by atoms with Gasteiger partial charge in [0, 0.05) is 23.5 Å². The van der Waals surface area contributed by atoms with Gasteiger partial charge in [0.1, 0.15) is 0 Å². The molecule has 0 saturated heterocycles. The summed E-state index contributed by atoms with van der Waals surface area (Å²) in [5.74, 6) is 0. The number of nitrogens with one attached hydrogen (secondary N) is 2. The summed E-state index contributed by atoms with van der Waals surface area (Å²) in [5, 5.41) is 8.94. The van der Waals surface area contributed by atoms with Crippen molar-refractivity contribution in [1.29, 1.82) is 0 Å². The Morgan fingerprint density at radius 3 is 2.67 bits per heavy atom. The first-order chi connectivity index (χ1) is 7.05. The van der Waals surface area contributed by atoms with E-state index in [1.807, 2.05) is 18.4 Å². The Morgan fingerprint density at radius 2 is 2.13 bits per heavy atom. The van der Waals surface area contributed by atoms with E-state index in [0.29, 0.717) is 0 Å². The molecule has 0 atom stereocenters. The summed E-state index contributed by atoms with van der Waals surface area (Å²) in [6.45, 7) is 8.66. The van der Waals surface area contributed by atoms with Crippen LogP contribution in [0.5, 0.6) is 0 Å². The third-order valence-corrected chi connectivity index (χ3v) is 3.82. The highest BCUT2D eigenvalue weighted by Gasteiger charge is 2.13. The van der Waals surface area contributed by atoms with Gasteiger partial charge in [-0.15, -0.1) is 11.3 Å². The fourth-order valence-corrected chi connectivity index (χ4v) is 2.26. The van der Waals surface area contributed by atoms with Crippen molar-refractivity contribution in [3.8, 4) is 0 Å². The summed E-state index contributed by atoms with van der Waals surface area (Å²) in [6, 6.07) is 2.19. The molecule has 0 aromatic carbocycles. The molecule has 2 N–H and O–H groups in total. The zero-order chi connectivity index (χ0) is 11.3. The third-order valence-electron chi connectivity index (χ3n) is 2.74. The average molecular weight is 226 g/mol. The van der Waals surface area contributed by atoms with Crippen LogP contribution in [0.1, 0.15) is 24.3 Å². The van der Waals surface area contributed by atoms with Crippen LogP contribution in [0, 0.1) is 6.92 Å². The third kappa shape index (κ3) is 4.33. The minimum absolute atomic E-state index is 0.185. The van der Waals surface area contributed by atoms with Crippen LogP contribution >= 0.6 is 11.3 Å². The molecule has 15 heavy (non-hydrogen) atoms. The molecule has 0 unspecified atom stereocenters. The van der Waals surface area contributed by atoms with Gasteiger partial charge in [0.05, 0.1) is 0 Å². The maximum Gasteiger partial charge on any atom is 0.0246 e. The van der Waals surface area contributed by atoms with Crippen LogP contribution in [0.3, 0.4) is 0 Å². The van der Waals surface area contributed by atoms with Crippen LogP contribution in [0.15, 0.2) is 11.4 Å². The first-order valence-electron chi connectivity index (χ1n) is 5.48. The van der Waals surface area contributed by atoms with Crippen LogP contribution < -0.4 is 10.6 Å². The Labute approximate surface area is 97.1 Å². The van der Waals surface area contributed by atoms with Crippen molar-refractivity contribution in [3.63, 3.8) is 0 Å². The summed E-state index contributed by atoms with van der Waals surface area (Å²) in [6.07, 6.45) is 1.14. The molecule has 1 aromatic rings. The molecule has 0 amide bonds. The van der Waals surface area contributed by atoms with Crippen molar-refractivity contribution >= 4 is 11.3 Å². The Morgan fingerprint density at radius 1 is 1.40 bits per heavy atom. The van der Waals surface area contributed by atoms with E-state index in [9.17, 15) is 0 Å². The molecule has 2 nitrogen and oxygen atoms in total. The van der Waals surface area contributed by atoms with Gasteiger partial charge >= 0.3 is 0 Å². The molecular formula is C12H22N2S. The first kappa shape index (κ1) is 12.7. The van der Waals surface area contributed by atoms with Crippen molar-refractivity contribution in [1.82, 2.24) is 10.6 Å². The Balaban J connectivity index is 2.20. The molecule has 1 heterocycles. The molecule has 0 radical (unpaired) electrons. The zero-order valence-electron chi connectivity index (χ0n) is 10.2. The maximum atomic E-state index is 3.49. The number of hydrogen-bond donors (Lipinski definition) is 2. The predicted molar refractivity (Wildman–Crippen MR) is 68.8 cm³/mol. The number of aryl methyl sites for hydroxylation is 1. The van der Waals surface area contributed by atoms with Gasteiger partial charge < -0.3 is 10.6 Å². The van der Waals surface area contributed by atoms with Gasteiger partial charge in [0.15, 0.2) is 0 Å². The summed E-state index contributed by atoms with van der Waals surface area (Å²) in [5.41, 5.74) is 1.61. The highest BCUT2D eigenvalue weighted by molar-refractivity contribution is 7.10. The molecule has 0 spiro atoms. The van der Waals surface area contributed by atoms with Crippen LogP contribution in [-0.4, -0.2) is 25.7 Å². The lowest BCUT2D eigenvalue weighted by Gasteiger charge is -2.24. The van der Waals surface area contributed by atoms with E-state index in [4.69, 9.17) is 0 Å². The van der Waals surface area contributed by atoms with E-state index in [0.717, 1.165) is 19.5 Å². The highest BCUT2D eigenvalue weighted by atomic mass is 32.1. The number of rotatable bonds is 6. The smallest absolute Gasteiger partial charge is 0.0246 e. The molecular weight excluding hydrogens is 204 g/mol. The molecule has 0 aliphatic carbocycles. The average Bonchev–Trinajstić information content (AvgIpc) is 2.59. The van der Waals surface area contributed by atoms with Gasteiger partial charge in [0.2, 0.25) is 0 Å². The van der Waals surface area contributed by atoms with E-state index in [1.165, 1.54) is 10.4 Å². The largest absolute Gasteiger partial charge is 0.315 e. The lowest BCUT2D eigenvalue weighted by atomic mass is 10.1. The molecule has 0 aliphatic rings. The summed E-state index contributed by atoms with van der Waals surface area (Å²) in [4.78, 5) is 1.50. The maximum absolute atomic E-state index is 3.49. The number of likely N-dealkylation sites (N-methyl/N-ethyl adjacent to an activating group) is 1. The molecule has 86 valence electrons. The van der Waals surface area contributed by atoms with Crippen molar-refractivity contribution in [2.24, 2.45) is 0 Å². The Bertz CT molecular complexity index is 292. The van der Waals surface area contributed by atoms with Crippen molar-refractivity contribution in [2.75, 3.05) is 20.1 Å². The summed E-state index contributed by atoms with van der Waals surface area (Å²) in [7, 11) is 2.01. The van der Waals surface area contributed by atoms with Gasteiger partial charge in [0.25, 0.3) is 0 Å². The van der Waals surface area contributed by atoms with Crippen LogP contribution in [0.25, 0.3) is 0 Å². The second-order valence-corrected chi connectivity index (χ2v) is 5.59. The van der Waals surface area contributed by atoms with E-state index in [2.05, 4.69) is 42.9 Å². The standard InChI is InChI=1S/C12H22N2S/c1-10-6-8-15-11(10)5-7-14-9-12(2,3)13-4/h6,8,13-14H,5,7,9H2,1-4H3. The Hall–Kier alpha value is -0.380. The Kier molecular flexibility index (Phi) is 4.77. The first-order valence-corrected chi connectivity index (χ1v) is 6.36. The van der Waals surface area contributed by atoms with Crippen LogP contribution in [-0.2, 0) is 6.42 Å². The van der Waals surface area contributed by atoms with E-state index < -0.39 is 0 Å². The van der Waals surface area contributed by atoms with E-state index >= 15 is 0 Å². The monoisotopic (exact) mass is 226 g/mol. The normalized spacial score (nSPS) is 12.0. The molecule has 0 bridgehead atoms. The van der Waals surface area contributed by atoms with Crippen molar-refractivity contribution in [3.05, 3.63) is 21.9 Å². The molecule has 1 rings (SSSR count). The van der Waals surface area contributed by atoms with Gasteiger partial charge in [-0.2, -0.15) is 0 Å². The molecule has 1 aromatic heterocycles. The molecule has 3 heteroatoms. The summed E-state index contributed by atoms with van der Waals surface area (Å²) >= 11 is 1.86. The fraction of sp³-hybridized carbons (Fsp3) is 0.667. The van der Waals surface area contributed by atoms with Gasteiger partial charge in [-0.3, -0.25) is 0 Å². The van der Waals surface area contributed by atoms with Crippen molar-refractivity contribution < 1.29 is 0 Å². The topological polar surface area (TPSA) is 24.1 Å². The predicted octanol–water partition coefficient (Wildman–Crippen LogP) is 2.19. The zero-order valence-corrected chi connectivity index (χ0v) is 11.0. The second kappa shape index (κ2) is 5.64. The van der Waals surface area contributed by atoms with Crippen LogP contribution in [0.2, 0.25) is 0 Å². The highest BCUT2D eigenvalue weighted by Crippen LogP contribution is 2.15. The lowest BCUT2D eigenvalue weighted by molar-refractivity contribution is 0.395. The lowest BCUT2D eigenvalue weighted by Crippen LogP contribution is -2.46. The van der Waals surface area contributed by atoms with Gasteiger partial charge in [-0.1, -0.05) is 0 Å². The molecule has 0 fully saturated rings. The fourth-order valence-electron chi connectivity index (χ4n) is 1.35. The second-order valence-electron chi connectivity index (χ2n) is 4.59. The van der Waals surface area contributed by atoms with Gasteiger partial charge in [-0.05, 0) is 51.2 Å². The van der Waals surface area contributed by atoms with Gasteiger partial charge in [-0.25, -0.2) is 0 Å². The van der Waals surface area contributed by atoms with E-state index in [-0.39, 0.29) is 5.54 Å². The minimum atomic E-state index is 0.185. The van der Waals surface area contributed by atoms with E-state index in [1.54, 1.807) is 0 Å². The number of hydrogen-bond acceptors (Lipinski definition) is 3.